The van der Waals surface area contributed by atoms with Gasteiger partial charge in [0.1, 0.15) is 0 Å². The molecule has 0 amide bonds. The van der Waals surface area contributed by atoms with Crippen LogP contribution in [0, 0.1) is 11.8 Å². The Morgan fingerprint density at radius 3 is 2.48 bits per heavy atom. The van der Waals surface area contributed by atoms with Gasteiger partial charge in [-0.15, -0.1) is 0 Å². The van der Waals surface area contributed by atoms with Gasteiger partial charge in [0, 0.05) is 31.6 Å². The van der Waals surface area contributed by atoms with Crippen molar-refractivity contribution in [3.63, 3.8) is 0 Å². The normalized spacial score (nSPS) is 31.5. The number of nitrogens with one attached hydrogen (secondary N) is 1. The molecule has 0 aromatic rings. The molecule has 4 nitrogen and oxygen atoms in total. The number of ether oxygens (including phenoxy) is 1. The van der Waals surface area contributed by atoms with Crippen LogP contribution in [0.25, 0.3) is 0 Å². The molecule has 2 atom stereocenters. The van der Waals surface area contributed by atoms with E-state index in [4.69, 9.17) is 4.74 Å². The van der Waals surface area contributed by atoms with Crippen LogP contribution in [0.3, 0.4) is 0 Å². The fourth-order valence-electron chi connectivity index (χ4n) is 3.94. The Morgan fingerprint density at radius 2 is 1.90 bits per heavy atom. The molecule has 2 unspecified atom stereocenters. The Balaban J connectivity index is 1.52. The molecule has 3 rings (SSSR count). The quantitative estimate of drug-likeness (QED) is 0.763. The minimum absolute atomic E-state index is 0.0480. The Bertz CT molecular complexity index is 353. The van der Waals surface area contributed by atoms with Crippen molar-refractivity contribution in [1.29, 1.82) is 0 Å². The average molecular weight is 294 g/mol. The number of hydrogen-bond donors (Lipinski definition) is 1. The van der Waals surface area contributed by atoms with Crippen LogP contribution in [0.1, 0.15) is 51.4 Å². The monoisotopic (exact) mass is 294 g/mol. The van der Waals surface area contributed by atoms with Gasteiger partial charge < -0.3 is 10.1 Å². The van der Waals surface area contributed by atoms with Crippen LogP contribution in [0.5, 0.6) is 0 Å². The van der Waals surface area contributed by atoms with Crippen molar-refractivity contribution in [3.05, 3.63) is 0 Å². The van der Waals surface area contributed by atoms with Crippen LogP contribution in [0.15, 0.2) is 0 Å². The summed E-state index contributed by atoms with van der Waals surface area (Å²) in [6.45, 7) is 3.44. The van der Waals surface area contributed by atoms with Crippen LogP contribution in [-0.2, 0) is 9.53 Å². The second kappa shape index (κ2) is 7.10. The number of methoxy groups -OCH3 is 1. The maximum atomic E-state index is 11.6. The maximum Gasteiger partial charge on any atom is 0.305 e. The zero-order chi connectivity index (χ0) is 14.7. The molecule has 0 aromatic heterocycles. The summed E-state index contributed by atoms with van der Waals surface area (Å²) in [7, 11) is 1.50. The molecule has 2 saturated carbocycles. The average Bonchev–Trinajstić information content (AvgIpc) is 2.34. The molecule has 1 heterocycles. The van der Waals surface area contributed by atoms with Crippen molar-refractivity contribution in [2.75, 3.05) is 26.7 Å². The summed E-state index contributed by atoms with van der Waals surface area (Å²) in [6.07, 6.45) is 10.0. The number of nitrogens with zero attached hydrogens (tertiary/aromatic N) is 1. The van der Waals surface area contributed by atoms with Gasteiger partial charge in [0.25, 0.3) is 0 Å². The smallest absolute Gasteiger partial charge is 0.305 e. The van der Waals surface area contributed by atoms with Gasteiger partial charge in [-0.3, -0.25) is 9.69 Å². The highest BCUT2D eigenvalue weighted by molar-refractivity contribution is 5.69. The Labute approximate surface area is 128 Å². The van der Waals surface area contributed by atoms with Crippen molar-refractivity contribution in [2.24, 2.45) is 11.8 Å². The van der Waals surface area contributed by atoms with E-state index in [-0.39, 0.29) is 5.97 Å². The van der Waals surface area contributed by atoms with Crippen molar-refractivity contribution in [2.45, 2.75) is 63.5 Å². The van der Waals surface area contributed by atoms with Gasteiger partial charge in [-0.2, -0.15) is 0 Å². The zero-order valence-electron chi connectivity index (χ0n) is 13.4. The topological polar surface area (TPSA) is 41.6 Å². The molecule has 3 fully saturated rings. The highest BCUT2D eigenvalue weighted by Crippen LogP contribution is 2.31. The lowest BCUT2D eigenvalue weighted by molar-refractivity contribution is -0.142. The van der Waals surface area contributed by atoms with Crippen LogP contribution >= 0.6 is 0 Å². The lowest BCUT2D eigenvalue weighted by Crippen LogP contribution is -2.55. The van der Waals surface area contributed by atoms with E-state index in [1.807, 2.05) is 0 Å². The molecule has 4 heteroatoms. The number of carbonyl (C=O) groups is 1. The van der Waals surface area contributed by atoms with Gasteiger partial charge in [-0.25, -0.2) is 0 Å². The zero-order valence-corrected chi connectivity index (χ0v) is 13.4. The first-order valence-corrected chi connectivity index (χ1v) is 8.79. The molecule has 2 aliphatic carbocycles. The summed E-state index contributed by atoms with van der Waals surface area (Å²) in [4.78, 5) is 14.2. The molecule has 21 heavy (non-hydrogen) atoms. The van der Waals surface area contributed by atoms with E-state index in [0.717, 1.165) is 24.9 Å². The van der Waals surface area contributed by atoms with Crippen LogP contribution in [-0.4, -0.2) is 49.7 Å². The molecule has 0 spiro atoms. The van der Waals surface area contributed by atoms with E-state index >= 15 is 0 Å². The first-order valence-electron chi connectivity index (χ1n) is 8.79. The van der Waals surface area contributed by atoms with E-state index in [9.17, 15) is 4.79 Å². The van der Waals surface area contributed by atoms with E-state index in [0.29, 0.717) is 18.4 Å². The molecule has 0 bridgehead atoms. The van der Waals surface area contributed by atoms with Crippen molar-refractivity contribution >= 4 is 5.97 Å². The van der Waals surface area contributed by atoms with Crippen molar-refractivity contribution < 1.29 is 9.53 Å². The van der Waals surface area contributed by atoms with Gasteiger partial charge in [-0.1, -0.05) is 12.8 Å². The summed E-state index contributed by atoms with van der Waals surface area (Å²) in [6, 6.07) is 1.34. The van der Waals surface area contributed by atoms with E-state index in [1.54, 1.807) is 0 Å². The molecule has 1 aliphatic heterocycles. The lowest BCUT2D eigenvalue weighted by Gasteiger charge is -2.45. The van der Waals surface area contributed by atoms with Crippen molar-refractivity contribution in [3.8, 4) is 0 Å². The highest BCUT2D eigenvalue weighted by Gasteiger charge is 2.34. The number of hydrogen-bond acceptors (Lipinski definition) is 4. The first-order chi connectivity index (χ1) is 10.2. The second-order valence-corrected chi connectivity index (χ2v) is 7.32. The third kappa shape index (κ3) is 3.98. The number of rotatable bonds is 6. The fourth-order valence-corrected chi connectivity index (χ4v) is 3.94. The molecule has 3 aliphatic rings. The van der Waals surface area contributed by atoms with Crippen LogP contribution in [0.2, 0.25) is 0 Å². The standard InChI is InChI=1S/C17H30N2O2/c1-21-17(20)9-14-8-15(18-10-13-4-2-5-13)12-19(11-14)16-6-3-7-16/h13-16,18H,2-12H2,1H3. The van der Waals surface area contributed by atoms with E-state index < -0.39 is 0 Å². The Morgan fingerprint density at radius 1 is 1.14 bits per heavy atom. The number of esters is 1. The number of carbonyl (C=O) groups excluding carboxylic acids is 1. The summed E-state index contributed by atoms with van der Waals surface area (Å²) in [5.74, 6) is 1.32. The molecule has 1 saturated heterocycles. The van der Waals surface area contributed by atoms with Gasteiger partial charge in [0.05, 0.1) is 7.11 Å². The molecule has 0 aromatic carbocycles. The third-order valence-corrected chi connectivity index (χ3v) is 5.76. The van der Waals surface area contributed by atoms with E-state index in [1.165, 1.54) is 58.7 Å². The summed E-state index contributed by atoms with van der Waals surface area (Å²) < 4.78 is 4.87. The van der Waals surface area contributed by atoms with Crippen molar-refractivity contribution in [1.82, 2.24) is 10.2 Å². The molecule has 120 valence electrons. The maximum absolute atomic E-state index is 11.6. The molecular weight excluding hydrogens is 264 g/mol. The summed E-state index contributed by atoms with van der Waals surface area (Å²) in [5.41, 5.74) is 0. The minimum atomic E-state index is -0.0480. The largest absolute Gasteiger partial charge is 0.469 e. The predicted octanol–water partition coefficient (Wildman–Crippen LogP) is 2.18. The predicted molar refractivity (Wildman–Crippen MR) is 83.1 cm³/mol. The molecule has 1 N–H and O–H groups in total. The van der Waals surface area contributed by atoms with Gasteiger partial charge in [0.15, 0.2) is 0 Å². The number of likely N-dealkylation sites (tertiary alicyclic amines) is 1. The number of piperidine rings is 1. The highest BCUT2D eigenvalue weighted by atomic mass is 16.5. The third-order valence-electron chi connectivity index (χ3n) is 5.76. The fraction of sp³-hybridized carbons (Fsp3) is 0.941. The van der Waals surface area contributed by atoms with Gasteiger partial charge >= 0.3 is 5.97 Å². The van der Waals surface area contributed by atoms with Crippen LogP contribution < -0.4 is 5.32 Å². The molecular formula is C17H30N2O2. The van der Waals surface area contributed by atoms with Gasteiger partial charge in [-0.05, 0) is 50.5 Å². The van der Waals surface area contributed by atoms with Gasteiger partial charge in [0.2, 0.25) is 0 Å². The SMILES string of the molecule is COC(=O)CC1CC(NCC2CCC2)CN(C2CCC2)C1. The lowest BCUT2D eigenvalue weighted by atomic mass is 9.83. The minimum Gasteiger partial charge on any atom is -0.469 e. The Hall–Kier alpha value is -0.610. The first kappa shape index (κ1) is 15.3. The van der Waals surface area contributed by atoms with E-state index in [2.05, 4.69) is 10.2 Å². The van der Waals surface area contributed by atoms with Crippen LogP contribution in [0.4, 0.5) is 0 Å². The second-order valence-electron chi connectivity index (χ2n) is 7.32. The Kier molecular flexibility index (Phi) is 5.17. The summed E-state index contributed by atoms with van der Waals surface area (Å²) in [5, 5.41) is 3.78. The molecule has 0 radical (unpaired) electrons. The summed E-state index contributed by atoms with van der Waals surface area (Å²) >= 11 is 0.